The number of hydrogen-bond donors (Lipinski definition) is 0. The van der Waals surface area contributed by atoms with Crippen molar-refractivity contribution in [3.8, 4) is 11.1 Å². The molecule has 0 fully saturated rings. The van der Waals surface area contributed by atoms with Gasteiger partial charge in [0.15, 0.2) is 5.78 Å². The molecule has 4 nitrogen and oxygen atoms in total. The van der Waals surface area contributed by atoms with Crippen molar-refractivity contribution < 1.29 is 13.2 Å². The fourth-order valence-corrected chi connectivity index (χ4v) is 8.42. The van der Waals surface area contributed by atoms with Crippen LogP contribution >= 0.6 is 11.3 Å². The number of fused-ring (bicyclic) bond motifs is 4. The summed E-state index contributed by atoms with van der Waals surface area (Å²) in [5.74, 6) is -0.264. The van der Waals surface area contributed by atoms with Gasteiger partial charge in [0.05, 0.1) is 21.2 Å². The fourth-order valence-electron chi connectivity index (χ4n) is 5.84. The number of para-hydroxylation sites is 2. The van der Waals surface area contributed by atoms with Gasteiger partial charge in [-0.3, -0.25) is 4.79 Å². The van der Waals surface area contributed by atoms with Crippen molar-refractivity contribution in [1.82, 2.24) is 0 Å². The van der Waals surface area contributed by atoms with Crippen LogP contribution in [0.15, 0.2) is 112 Å². The molecule has 0 amide bonds. The maximum absolute atomic E-state index is 13.4. The van der Waals surface area contributed by atoms with Crippen LogP contribution in [0.2, 0.25) is 0 Å². The van der Waals surface area contributed by atoms with E-state index in [1.807, 2.05) is 17.5 Å². The average Bonchev–Trinajstić information content (AvgIpc) is 3.41. The maximum Gasteiger partial charge on any atom is 0.208 e. The number of rotatable bonds is 2. The molecule has 7 rings (SSSR count). The molecule has 0 saturated carbocycles. The smallest absolute Gasteiger partial charge is 0.208 e. The predicted molar refractivity (Wildman–Crippen MR) is 152 cm³/mol. The molecule has 5 aromatic rings. The van der Waals surface area contributed by atoms with E-state index >= 15 is 0 Å². The lowest BCUT2D eigenvalue weighted by atomic mass is 9.73. The summed E-state index contributed by atoms with van der Waals surface area (Å²) in [6.45, 7) is 4.51. The summed E-state index contributed by atoms with van der Waals surface area (Å²) in [5, 5.41) is 3.06. The minimum absolute atomic E-state index is 0.0668. The standard InChI is InChI=1S/C32H23NO3S2/c1-32(2)24-10-4-6-12-26(24)33(27-13-7-5-11-25(27)32)31-21(17-18-37-31)20-15-16-29-23(19-20)30(34)22-9-3-8-14-28(22)38(29,35)36/h3-19H,1-2H3. The van der Waals surface area contributed by atoms with Crippen LogP contribution in [0.1, 0.15) is 40.9 Å². The van der Waals surface area contributed by atoms with Crippen LogP contribution in [0.5, 0.6) is 0 Å². The SMILES string of the molecule is CC1(C)c2ccccc2N(c2sccc2-c2ccc3c(c2)C(=O)c2ccccc2S3(=O)=O)c2ccccc21. The number of hydrogen-bond acceptors (Lipinski definition) is 5. The van der Waals surface area contributed by atoms with Crippen molar-refractivity contribution in [3.05, 3.63) is 125 Å². The minimum atomic E-state index is -3.77. The molecular weight excluding hydrogens is 510 g/mol. The highest BCUT2D eigenvalue weighted by molar-refractivity contribution is 7.91. The van der Waals surface area contributed by atoms with Gasteiger partial charge in [0, 0.05) is 22.1 Å². The summed E-state index contributed by atoms with van der Waals surface area (Å²) in [6.07, 6.45) is 0. The van der Waals surface area contributed by atoms with Crippen molar-refractivity contribution in [2.75, 3.05) is 4.90 Å². The zero-order valence-corrected chi connectivity index (χ0v) is 22.4. The van der Waals surface area contributed by atoms with E-state index in [9.17, 15) is 13.2 Å². The number of carbonyl (C=O) groups is 1. The van der Waals surface area contributed by atoms with E-state index in [-0.39, 0.29) is 32.1 Å². The molecule has 0 spiro atoms. The number of sulfone groups is 1. The van der Waals surface area contributed by atoms with E-state index in [4.69, 9.17) is 0 Å². The average molecular weight is 534 g/mol. The van der Waals surface area contributed by atoms with Gasteiger partial charge in [-0.1, -0.05) is 68.4 Å². The third kappa shape index (κ3) is 3.08. The van der Waals surface area contributed by atoms with Gasteiger partial charge in [-0.25, -0.2) is 8.42 Å². The lowest BCUT2D eigenvalue weighted by molar-refractivity contribution is 0.103. The second-order valence-corrected chi connectivity index (χ2v) is 13.0. The molecule has 6 heteroatoms. The predicted octanol–water partition coefficient (Wildman–Crippen LogP) is 7.90. The van der Waals surface area contributed by atoms with Crippen LogP contribution in [-0.2, 0) is 15.3 Å². The highest BCUT2D eigenvalue weighted by atomic mass is 32.2. The third-order valence-electron chi connectivity index (χ3n) is 7.73. The monoisotopic (exact) mass is 533 g/mol. The van der Waals surface area contributed by atoms with E-state index in [1.54, 1.807) is 41.7 Å². The van der Waals surface area contributed by atoms with Gasteiger partial charge < -0.3 is 4.90 Å². The number of anilines is 3. The molecule has 2 aliphatic heterocycles. The molecule has 4 aromatic carbocycles. The Kier molecular flexibility index (Phi) is 4.87. The van der Waals surface area contributed by atoms with Gasteiger partial charge in [0.2, 0.25) is 9.84 Å². The van der Waals surface area contributed by atoms with E-state index in [0.717, 1.165) is 27.5 Å². The summed E-state index contributed by atoms with van der Waals surface area (Å²) in [7, 11) is -3.77. The number of nitrogens with zero attached hydrogens (tertiary/aromatic N) is 1. The Morgan fingerprint density at radius 3 is 2.00 bits per heavy atom. The maximum atomic E-state index is 13.4. The molecule has 38 heavy (non-hydrogen) atoms. The van der Waals surface area contributed by atoms with Crippen molar-refractivity contribution >= 4 is 43.3 Å². The molecule has 0 N–H and O–H groups in total. The van der Waals surface area contributed by atoms with Crippen LogP contribution in [0.4, 0.5) is 16.4 Å². The molecule has 0 unspecified atom stereocenters. The van der Waals surface area contributed by atoms with Gasteiger partial charge >= 0.3 is 0 Å². The van der Waals surface area contributed by atoms with Crippen molar-refractivity contribution in [3.63, 3.8) is 0 Å². The first-order valence-electron chi connectivity index (χ1n) is 12.4. The number of carbonyl (C=O) groups excluding carboxylic acids is 1. The Morgan fingerprint density at radius 1 is 0.684 bits per heavy atom. The Hall–Kier alpha value is -4.00. The quantitative estimate of drug-likeness (QED) is 0.227. The summed E-state index contributed by atoms with van der Waals surface area (Å²) in [5.41, 5.74) is 6.75. The summed E-state index contributed by atoms with van der Waals surface area (Å²) in [6, 6.07) is 30.6. The lowest BCUT2D eigenvalue weighted by Crippen LogP contribution is -2.30. The molecule has 1 aromatic heterocycles. The van der Waals surface area contributed by atoms with Crippen LogP contribution in [-0.4, -0.2) is 14.2 Å². The number of benzene rings is 4. The molecule has 0 bridgehead atoms. The Morgan fingerprint density at radius 2 is 1.29 bits per heavy atom. The van der Waals surface area contributed by atoms with Gasteiger partial charge in [0.25, 0.3) is 0 Å². The molecule has 0 radical (unpaired) electrons. The second kappa shape index (κ2) is 8.00. The summed E-state index contributed by atoms with van der Waals surface area (Å²) in [4.78, 5) is 15.9. The topological polar surface area (TPSA) is 54.5 Å². The van der Waals surface area contributed by atoms with Crippen molar-refractivity contribution in [1.29, 1.82) is 0 Å². The van der Waals surface area contributed by atoms with Gasteiger partial charge in [-0.15, -0.1) is 11.3 Å². The summed E-state index contributed by atoms with van der Waals surface area (Å²) < 4.78 is 26.7. The molecule has 0 atom stereocenters. The molecular formula is C32H23NO3S2. The Bertz CT molecular complexity index is 1850. The van der Waals surface area contributed by atoms with E-state index in [0.29, 0.717) is 0 Å². The zero-order chi connectivity index (χ0) is 26.2. The molecule has 186 valence electrons. The van der Waals surface area contributed by atoms with E-state index < -0.39 is 9.84 Å². The molecule has 0 saturated heterocycles. The van der Waals surface area contributed by atoms with Crippen LogP contribution in [0, 0.1) is 0 Å². The van der Waals surface area contributed by atoms with Gasteiger partial charge in [-0.2, -0.15) is 0 Å². The van der Waals surface area contributed by atoms with E-state index in [1.165, 1.54) is 17.2 Å². The first-order chi connectivity index (χ1) is 18.3. The number of thiophene rings is 1. The molecule has 2 aliphatic rings. The van der Waals surface area contributed by atoms with E-state index in [2.05, 4.69) is 67.3 Å². The highest BCUT2D eigenvalue weighted by Crippen LogP contribution is 2.54. The summed E-state index contributed by atoms with van der Waals surface area (Å²) >= 11 is 1.63. The first kappa shape index (κ1) is 23.1. The zero-order valence-electron chi connectivity index (χ0n) is 20.8. The Balaban J connectivity index is 1.43. The van der Waals surface area contributed by atoms with Gasteiger partial charge in [-0.05, 0) is 64.5 Å². The number of ketones is 1. The van der Waals surface area contributed by atoms with Crippen LogP contribution in [0.25, 0.3) is 11.1 Å². The molecule has 3 heterocycles. The third-order valence-corrected chi connectivity index (χ3v) is 10.5. The first-order valence-corrected chi connectivity index (χ1v) is 14.8. The minimum Gasteiger partial charge on any atom is -0.301 e. The largest absolute Gasteiger partial charge is 0.301 e. The second-order valence-electron chi connectivity index (χ2n) is 10.2. The van der Waals surface area contributed by atoms with Crippen LogP contribution < -0.4 is 4.90 Å². The fraction of sp³-hybridized carbons (Fsp3) is 0.0938. The van der Waals surface area contributed by atoms with Crippen LogP contribution in [0.3, 0.4) is 0 Å². The highest BCUT2D eigenvalue weighted by Gasteiger charge is 2.38. The normalized spacial score (nSPS) is 16.3. The van der Waals surface area contributed by atoms with Gasteiger partial charge in [0.1, 0.15) is 5.00 Å². The molecule has 0 aliphatic carbocycles. The van der Waals surface area contributed by atoms with Crippen molar-refractivity contribution in [2.45, 2.75) is 29.1 Å². The van der Waals surface area contributed by atoms with Crippen molar-refractivity contribution in [2.24, 2.45) is 0 Å². The Labute approximate surface area is 225 Å². The lowest BCUT2D eigenvalue weighted by Gasteiger charge is -2.41.